The van der Waals surface area contributed by atoms with Crippen LogP contribution in [0.2, 0.25) is 15.1 Å². The Balaban J connectivity index is 1.89. The smallest absolute Gasteiger partial charge is 0.340 e. The van der Waals surface area contributed by atoms with Crippen LogP contribution in [0.3, 0.4) is 0 Å². The number of para-hydroxylation sites is 1. The number of benzene rings is 2. The first-order valence-electron chi connectivity index (χ1n) is 10.4. The monoisotopic (exact) mass is 514 g/mol. The molecule has 0 radical (unpaired) electrons. The van der Waals surface area contributed by atoms with E-state index in [2.05, 4.69) is 0 Å². The van der Waals surface area contributed by atoms with Gasteiger partial charge in [0, 0.05) is 22.1 Å². The van der Waals surface area contributed by atoms with Crippen molar-refractivity contribution in [2.24, 2.45) is 0 Å². The molecule has 0 bridgehead atoms. The maximum atomic E-state index is 13.6. The first-order chi connectivity index (χ1) is 16.1. The van der Waals surface area contributed by atoms with Gasteiger partial charge in [0.2, 0.25) is 0 Å². The molecule has 2 aromatic carbocycles. The van der Waals surface area contributed by atoms with Crippen molar-refractivity contribution in [2.75, 3.05) is 12.0 Å². The lowest BCUT2D eigenvalue weighted by Gasteiger charge is -2.19. The second kappa shape index (κ2) is 9.34. The molecular formula is C26H21Cl3N2O3. The molecule has 1 aromatic heterocycles. The van der Waals surface area contributed by atoms with Crippen molar-refractivity contribution >= 4 is 58.4 Å². The topological polar surface area (TPSA) is 51.5 Å². The SMILES string of the molecule is COC(=O)C1=C(C)N(c2ccccc2Cl)C(=O)/C1=C\c1cc(C)n(-c2cc(Cl)ccc2Cl)c1C. The first kappa shape index (κ1) is 24.1. The van der Waals surface area contributed by atoms with Gasteiger partial charge in [-0.15, -0.1) is 0 Å². The van der Waals surface area contributed by atoms with Crippen LogP contribution in [0.25, 0.3) is 11.8 Å². The molecule has 174 valence electrons. The van der Waals surface area contributed by atoms with E-state index in [1.807, 2.05) is 24.5 Å². The highest BCUT2D eigenvalue weighted by atomic mass is 35.5. The summed E-state index contributed by atoms with van der Waals surface area (Å²) < 4.78 is 6.96. The van der Waals surface area contributed by atoms with Crippen LogP contribution in [0.15, 0.2) is 65.4 Å². The molecule has 0 aliphatic carbocycles. The predicted octanol–water partition coefficient (Wildman–Crippen LogP) is 6.93. The minimum atomic E-state index is -0.599. The summed E-state index contributed by atoms with van der Waals surface area (Å²) in [6, 6.07) is 14.2. The third kappa shape index (κ3) is 4.05. The van der Waals surface area contributed by atoms with Crippen LogP contribution in [0, 0.1) is 13.8 Å². The van der Waals surface area contributed by atoms with Crippen LogP contribution in [0.4, 0.5) is 5.69 Å². The number of carbonyl (C=O) groups is 2. The van der Waals surface area contributed by atoms with Gasteiger partial charge in [-0.25, -0.2) is 4.79 Å². The van der Waals surface area contributed by atoms with Crippen molar-refractivity contribution < 1.29 is 14.3 Å². The van der Waals surface area contributed by atoms with Gasteiger partial charge in [-0.2, -0.15) is 0 Å². The molecule has 0 atom stereocenters. The normalized spacial score (nSPS) is 15.0. The highest BCUT2D eigenvalue weighted by Crippen LogP contribution is 2.39. The van der Waals surface area contributed by atoms with Crippen molar-refractivity contribution in [3.63, 3.8) is 0 Å². The van der Waals surface area contributed by atoms with Crippen LogP contribution in [0.1, 0.15) is 23.9 Å². The fraction of sp³-hybridized carbons (Fsp3) is 0.154. The van der Waals surface area contributed by atoms with Gasteiger partial charge in [0.15, 0.2) is 0 Å². The Morgan fingerprint density at radius 1 is 0.941 bits per heavy atom. The lowest BCUT2D eigenvalue weighted by molar-refractivity contribution is -0.136. The van der Waals surface area contributed by atoms with E-state index in [4.69, 9.17) is 39.5 Å². The molecule has 0 N–H and O–H groups in total. The molecule has 5 nitrogen and oxygen atoms in total. The molecule has 1 aliphatic rings. The molecule has 8 heteroatoms. The number of methoxy groups -OCH3 is 1. The number of aromatic nitrogens is 1. The van der Waals surface area contributed by atoms with E-state index < -0.39 is 5.97 Å². The Bertz CT molecular complexity index is 1400. The van der Waals surface area contributed by atoms with E-state index in [0.717, 1.165) is 22.6 Å². The first-order valence-corrected chi connectivity index (χ1v) is 11.5. The molecular weight excluding hydrogens is 495 g/mol. The average Bonchev–Trinajstić information content (AvgIpc) is 3.21. The third-order valence-corrected chi connectivity index (χ3v) is 6.68. The van der Waals surface area contributed by atoms with Gasteiger partial charge in [0.25, 0.3) is 5.91 Å². The van der Waals surface area contributed by atoms with E-state index in [1.54, 1.807) is 55.5 Å². The fourth-order valence-corrected chi connectivity index (χ4v) is 4.81. The maximum absolute atomic E-state index is 13.6. The lowest BCUT2D eigenvalue weighted by Crippen LogP contribution is -2.24. The van der Waals surface area contributed by atoms with Gasteiger partial charge in [0.05, 0.1) is 39.7 Å². The average molecular weight is 516 g/mol. The van der Waals surface area contributed by atoms with Gasteiger partial charge in [-0.1, -0.05) is 46.9 Å². The number of ether oxygens (including phenoxy) is 1. The van der Waals surface area contributed by atoms with Gasteiger partial charge in [-0.05, 0) is 68.8 Å². The minimum Gasteiger partial charge on any atom is -0.465 e. The molecule has 0 saturated heterocycles. The number of aryl methyl sites for hydroxylation is 1. The van der Waals surface area contributed by atoms with Crippen molar-refractivity contribution in [2.45, 2.75) is 20.8 Å². The predicted molar refractivity (Wildman–Crippen MR) is 137 cm³/mol. The summed E-state index contributed by atoms with van der Waals surface area (Å²) in [5, 5.41) is 1.49. The molecule has 0 spiro atoms. The number of hydrogen-bond acceptors (Lipinski definition) is 3. The van der Waals surface area contributed by atoms with E-state index in [-0.39, 0.29) is 17.1 Å². The van der Waals surface area contributed by atoms with Crippen molar-refractivity contribution in [1.82, 2.24) is 4.57 Å². The van der Waals surface area contributed by atoms with Crippen molar-refractivity contribution in [1.29, 1.82) is 0 Å². The van der Waals surface area contributed by atoms with E-state index in [9.17, 15) is 9.59 Å². The summed E-state index contributed by atoms with van der Waals surface area (Å²) in [4.78, 5) is 27.7. The number of anilines is 1. The zero-order chi connectivity index (χ0) is 24.7. The third-order valence-electron chi connectivity index (χ3n) is 5.80. The molecule has 2 heterocycles. The molecule has 0 fully saturated rings. The molecule has 4 rings (SSSR count). The molecule has 1 aliphatic heterocycles. The minimum absolute atomic E-state index is 0.193. The molecule has 0 unspecified atom stereocenters. The van der Waals surface area contributed by atoms with Gasteiger partial charge < -0.3 is 9.30 Å². The lowest BCUT2D eigenvalue weighted by atomic mass is 10.0. The van der Waals surface area contributed by atoms with E-state index in [1.165, 1.54) is 12.0 Å². The van der Waals surface area contributed by atoms with Gasteiger partial charge in [0.1, 0.15) is 0 Å². The second-order valence-corrected chi connectivity index (χ2v) is 9.11. The Hall–Kier alpha value is -2.99. The van der Waals surface area contributed by atoms with E-state index >= 15 is 0 Å². The Morgan fingerprint density at radius 2 is 1.62 bits per heavy atom. The largest absolute Gasteiger partial charge is 0.465 e. The highest BCUT2D eigenvalue weighted by Gasteiger charge is 2.38. The second-order valence-electron chi connectivity index (χ2n) is 7.86. The molecule has 1 amide bonds. The zero-order valence-electron chi connectivity index (χ0n) is 18.9. The number of nitrogens with zero attached hydrogens (tertiary/aromatic N) is 2. The van der Waals surface area contributed by atoms with Crippen LogP contribution in [-0.2, 0) is 14.3 Å². The summed E-state index contributed by atoms with van der Waals surface area (Å²) in [7, 11) is 1.29. The number of amides is 1. The number of allylic oxidation sites excluding steroid dienone is 1. The van der Waals surface area contributed by atoms with Gasteiger partial charge >= 0.3 is 5.97 Å². The molecule has 34 heavy (non-hydrogen) atoms. The Labute approximate surface area is 212 Å². The number of halogens is 3. The van der Waals surface area contributed by atoms with E-state index in [0.29, 0.717) is 26.5 Å². The standard InChI is InChI=1S/C26H21Cl3N2O3/c1-14-11-17(15(2)30(14)23-13-18(27)9-10-21(23)29)12-19-24(26(33)34-4)16(3)31(25(19)32)22-8-6-5-7-20(22)28/h5-13H,1-4H3/b19-12-. The molecule has 0 saturated carbocycles. The summed E-state index contributed by atoms with van der Waals surface area (Å²) in [5.41, 5.74) is 4.56. The summed E-state index contributed by atoms with van der Waals surface area (Å²) in [6.07, 6.45) is 1.70. The number of carbonyl (C=O) groups excluding carboxylic acids is 2. The van der Waals surface area contributed by atoms with Gasteiger partial charge in [-0.3, -0.25) is 9.69 Å². The zero-order valence-corrected chi connectivity index (χ0v) is 21.2. The van der Waals surface area contributed by atoms with Crippen LogP contribution >= 0.6 is 34.8 Å². The maximum Gasteiger partial charge on any atom is 0.340 e. The summed E-state index contributed by atoms with van der Waals surface area (Å²) in [6.45, 7) is 5.54. The van der Waals surface area contributed by atoms with Crippen LogP contribution < -0.4 is 4.90 Å². The fourth-order valence-electron chi connectivity index (χ4n) is 4.22. The van der Waals surface area contributed by atoms with Crippen molar-refractivity contribution in [3.8, 4) is 5.69 Å². The molecule has 3 aromatic rings. The Morgan fingerprint density at radius 3 is 2.29 bits per heavy atom. The summed E-state index contributed by atoms with van der Waals surface area (Å²) in [5.74, 6) is -0.963. The van der Waals surface area contributed by atoms with Crippen molar-refractivity contribution in [3.05, 3.63) is 97.4 Å². The quantitative estimate of drug-likeness (QED) is 0.280. The summed E-state index contributed by atoms with van der Waals surface area (Å²) >= 11 is 19.0. The number of esters is 1. The van der Waals surface area contributed by atoms with Crippen LogP contribution in [0.5, 0.6) is 0 Å². The number of rotatable bonds is 4. The van der Waals surface area contributed by atoms with Crippen LogP contribution in [-0.4, -0.2) is 23.6 Å². The highest BCUT2D eigenvalue weighted by molar-refractivity contribution is 6.35. The Kier molecular flexibility index (Phi) is 6.63. The number of hydrogen-bond donors (Lipinski definition) is 0.